The first-order chi connectivity index (χ1) is 12.5. The van der Waals surface area contributed by atoms with Gasteiger partial charge in [-0.05, 0) is 46.9 Å². The zero-order valence-electron chi connectivity index (χ0n) is 14.7. The van der Waals surface area contributed by atoms with Crippen LogP contribution in [-0.2, 0) is 7.05 Å². The Hall–Kier alpha value is -3.02. The third-order valence-electron chi connectivity index (χ3n) is 4.61. The molecule has 5 heteroatoms. The van der Waals surface area contributed by atoms with Crippen molar-refractivity contribution in [2.45, 2.75) is 13.2 Å². The number of rotatable bonds is 3. The molecule has 0 fully saturated rings. The van der Waals surface area contributed by atoms with Crippen LogP contribution in [0.1, 0.15) is 17.4 Å². The number of aromatic nitrogens is 3. The third kappa shape index (κ3) is 2.87. The summed E-state index contributed by atoms with van der Waals surface area (Å²) in [5.41, 5.74) is 13.3. The van der Waals surface area contributed by atoms with Gasteiger partial charge in [0.1, 0.15) is 17.3 Å². The van der Waals surface area contributed by atoms with Crippen LogP contribution in [0.4, 0.5) is 0 Å². The highest BCUT2D eigenvalue weighted by molar-refractivity contribution is 5.85. The summed E-state index contributed by atoms with van der Waals surface area (Å²) < 4.78 is 0. The zero-order chi connectivity index (χ0) is 18.3. The molecule has 0 radical (unpaired) electrons. The van der Waals surface area contributed by atoms with Gasteiger partial charge in [0, 0.05) is 12.6 Å². The molecule has 0 saturated carbocycles. The molecule has 0 saturated heterocycles. The van der Waals surface area contributed by atoms with Crippen molar-refractivity contribution in [2.24, 2.45) is 12.8 Å². The highest BCUT2D eigenvalue weighted by Crippen LogP contribution is 2.30. The number of aryl methyl sites for hydroxylation is 2. The van der Waals surface area contributed by atoms with E-state index < -0.39 is 6.23 Å². The Morgan fingerprint density at radius 3 is 2.31 bits per heavy atom. The smallest absolute Gasteiger partial charge is 0.130 e. The van der Waals surface area contributed by atoms with Gasteiger partial charge in [0.15, 0.2) is 0 Å². The Labute approximate surface area is 151 Å². The highest BCUT2D eigenvalue weighted by Gasteiger charge is 2.14. The van der Waals surface area contributed by atoms with E-state index in [0.717, 1.165) is 11.1 Å². The summed E-state index contributed by atoms with van der Waals surface area (Å²) in [7, 11) is 1.75. The van der Waals surface area contributed by atoms with Gasteiger partial charge in [0.05, 0.1) is 0 Å². The number of nitrogens with two attached hydrogens (primary N) is 1. The molecule has 5 nitrogen and oxygen atoms in total. The van der Waals surface area contributed by atoms with E-state index in [1.165, 1.54) is 21.5 Å². The predicted octanol–water partition coefficient (Wildman–Crippen LogP) is 3.56. The van der Waals surface area contributed by atoms with Crippen LogP contribution in [0.2, 0.25) is 0 Å². The number of hydrogen-bond donors (Lipinski definition) is 2. The summed E-state index contributed by atoms with van der Waals surface area (Å²) in [4.78, 5) is 1.49. The maximum absolute atomic E-state index is 9.93. The molecule has 3 N–H and O–H groups in total. The van der Waals surface area contributed by atoms with Gasteiger partial charge in [-0.15, -0.1) is 0 Å². The molecule has 0 aliphatic carbocycles. The Morgan fingerprint density at radius 2 is 1.62 bits per heavy atom. The molecule has 4 aromatic rings. The van der Waals surface area contributed by atoms with Gasteiger partial charge in [-0.2, -0.15) is 15.0 Å². The maximum atomic E-state index is 9.93. The highest BCUT2D eigenvalue weighted by atomic mass is 16.3. The number of aliphatic hydroxyl groups excluding tert-OH is 1. The lowest BCUT2D eigenvalue weighted by Crippen LogP contribution is -2.09. The molecule has 0 aliphatic heterocycles. The number of aliphatic hydroxyl groups is 1. The fourth-order valence-electron chi connectivity index (χ4n) is 3.28. The second-order valence-corrected chi connectivity index (χ2v) is 6.46. The quantitative estimate of drug-likeness (QED) is 0.557. The SMILES string of the molecule is Cc1ccccc1-c1ccc(-c2cc(C(N)O)c3nn(C)nc3c2)cc1. The minimum Gasteiger partial charge on any atom is -0.374 e. The lowest BCUT2D eigenvalue weighted by molar-refractivity contribution is 0.187. The van der Waals surface area contributed by atoms with Crippen molar-refractivity contribution >= 4 is 11.0 Å². The monoisotopic (exact) mass is 344 g/mol. The van der Waals surface area contributed by atoms with Gasteiger partial charge < -0.3 is 10.8 Å². The average molecular weight is 344 g/mol. The van der Waals surface area contributed by atoms with Gasteiger partial charge in [0.2, 0.25) is 0 Å². The van der Waals surface area contributed by atoms with Crippen molar-refractivity contribution in [1.82, 2.24) is 15.0 Å². The third-order valence-corrected chi connectivity index (χ3v) is 4.61. The molecule has 0 amide bonds. The Kier molecular flexibility index (Phi) is 4.03. The van der Waals surface area contributed by atoms with E-state index in [1.54, 1.807) is 7.05 Å². The topological polar surface area (TPSA) is 77.0 Å². The largest absolute Gasteiger partial charge is 0.374 e. The van der Waals surface area contributed by atoms with Gasteiger partial charge in [0.25, 0.3) is 0 Å². The zero-order valence-corrected chi connectivity index (χ0v) is 14.7. The van der Waals surface area contributed by atoms with Crippen molar-refractivity contribution in [3.63, 3.8) is 0 Å². The first-order valence-corrected chi connectivity index (χ1v) is 8.48. The Bertz CT molecular complexity index is 1080. The summed E-state index contributed by atoms with van der Waals surface area (Å²) >= 11 is 0. The molecule has 1 aromatic heterocycles. The molecule has 3 aromatic carbocycles. The molecule has 0 bridgehead atoms. The van der Waals surface area contributed by atoms with Crippen molar-refractivity contribution in [3.8, 4) is 22.3 Å². The first kappa shape index (κ1) is 16.4. The Balaban J connectivity index is 1.79. The van der Waals surface area contributed by atoms with Crippen molar-refractivity contribution in [3.05, 3.63) is 71.8 Å². The maximum Gasteiger partial charge on any atom is 0.130 e. The van der Waals surface area contributed by atoms with E-state index in [-0.39, 0.29) is 0 Å². The lowest BCUT2D eigenvalue weighted by Gasteiger charge is -2.10. The van der Waals surface area contributed by atoms with Gasteiger partial charge in [-0.3, -0.25) is 0 Å². The fourth-order valence-corrected chi connectivity index (χ4v) is 3.28. The van der Waals surface area contributed by atoms with Crippen LogP contribution in [0.3, 0.4) is 0 Å². The average Bonchev–Trinajstić information content (AvgIpc) is 3.01. The minimum absolute atomic E-state index is 0.577. The number of benzene rings is 3. The van der Waals surface area contributed by atoms with Gasteiger partial charge >= 0.3 is 0 Å². The fraction of sp³-hybridized carbons (Fsp3) is 0.143. The van der Waals surface area contributed by atoms with Crippen LogP contribution in [0.25, 0.3) is 33.3 Å². The second-order valence-electron chi connectivity index (χ2n) is 6.46. The van der Waals surface area contributed by atoms with E-state index in [1.807, 2.05) is 24.3 Å². The van der Waals surface area contributed by atoms with Crippen LogP contribution in [0.5, 0.6) is 0 Å². The minimum atomic E-state index is -1.10. The van der Waals surface area contributed by atoms with Crippen LogP contribution in [0, 0.1) is 6.92 Å². The summed E-state index contributed by atoms with van der Waals surface area (Å²) in [5, 5.41) is 18.6. The van der Waals surface area contributed by atoms with E-state index in [2.05, 4.69) is 53.5 Å². The van der Waals surface area contributed by atoms with Crippen LogP contribution in [-0.4, -0.2) is 20.1 Å². The molecule has 1 atom stereocenters. The Morgan fingerprint density at radius 1 is 0.923 bits per heavy atom. The molecular weight excluding hydrogens is 324 g/mol. The lowest BCUT2D eigenvalue weighted by atomic mass is 9.96. The predicted molar refractivity (Wildman–Crippen MR) is 103 cm³/mol. The molecule has 1 heterocycles. The molecule has 0 aliphatic rings. The molecule has 0 spiro atoms. The molecule has 4 rings (SSSR count). The second kappa shape index (κ2) is 6.37. The number of fused-ring (bicyclic) bond motifs is 1. The van der Waals surface area contributed by atoms with Crippen molar-refractivity contribution < 1.29 is 5.11 Å². The standard InChI is InChI=1S/C21H20N4O/c1-13-5-3-4-6-17(13)15-9-7-14(8-10-15)16-11-18(21(22)26)20-19(12-16)23-25(2)24-20/h3-12,21,26H,22H2,1-2H3. The van der Waals surface area contributed by atoms with Gasteiger partial charge in [-0.25, -0.2) is 0 Å². The summed E-state index contributed by atoms with van der Waals surface area (Å²) in [6.07, 6.45) is -1.10. The van der Waals surface area contributed by atoms with Gasteiger partial charge in [-0.1, -0.05) is 48.5 Å². The van der Waals surface area contributed by atoms with Crippen molar-refractivity contribution in [2.75, 3.05) is 0 Å². The van der Waals surface area contributed by atoms with Crippen LogP contribution >= 0.6 is 0 Å². The molecule has 130 valence electrons. The summed E-state index contributed by atoms with van der Waals surface area (Å²) in [6.45, 7) is 2.11. The number of nitrogens with zero attached hydrogens (tertiary/aromatic N) is 3. The van der Waals surface area contributed by atoms with E-state index in [4.69, 9.17) is 5.73 Å². The molecule has 26 heavy (non-hydrogen) atoms. The van der Waals surface area contributed by atoms with E-state index in [9.17, 15) is 5.11 Å². The normalized spacial score (nSPS) is 12.5. The van der Waals surface area contributed by atoms with E-state index >= 15 is 0 Å². The first-order valence-electron chi connectivity index (χ1n) is 8.48. The summed E-state index contributed by atoms with van der Waals surface area (Å²) in [5.74, 6) is 0. The van der Waals surface area contributed by atoms with E-state index in [0.29, 0.717) is 16.6 Å². The van der Waals surface area contributed by atoms with Crippen LogP contribution < -0.4 is 5.73 Å². The van der Waals surface area contributed by atoms with Crippen molar-refractivity contribution in [1.29, 1.82) is 0 Å². The van der Waals surface area contributed by atoms with Crippen LogP contribution in [0.15, 0.2) is 60.7 Å². The summed E-state index contributed by atoms with van der Waals surface area (Å²) in [6, 6.07) is 20.5. The number of hydrogen-bond acceptors (Lipinski definition) is 4. The molecular formula is C21H20N4O. The molecule has 1 unspecified atom stereocenters.